The molecule has 1 amide bonds. The first-order valence-corrected chi connectivity index (χ1v) is 8.67. The number of aliphatic imine (C=N–C) groups is 1. The van der Waals surface area contributed by atoms with Crippen molar-refractivity contribution >= 4 is 40.8 Å². The van der Waals surface area contributed by atoms with Crippen LogP contribution in [0.25, 0.3) is 0 Å². The maximum Gasteiger partial charge on any atom is 0.260 e. The molecule has 1 N–H and O–H groups in total. The van der Waals surface area contributed by atoms with Gasteiger partial charge in [0.15, 0.2) is 0 Å². The molecule has 0 unspecified atom stereocenters. The van der Waals surface area contributed by atoms with Gasteiger partial charge in [-0.25, -0.2) is 4.99 Å². The van der Waals surface area contributed by atoms with Gasteiger partial charge in [0.1, 0.15) is 11.4 Å². The lowest BCUT2D eigenvalue weighted by molar-refractivity contribution is 0.0859. The van der Waals surface area contributed by atoms with E-state index in [9.17, 15) is 4.79 Å². The first-order valence-electron chi connectivity index (χ1n) is 7.91. The van der Waals surface area contributed by atoms with E-state index in [2.05, 4.69) is 10.3 Å². The van der Waals surface area contributed by atoms with Gasteiger partial charge in [-0.05, 0) is 43.3 Å². The number of para-hydroxylation sites is 1. The Labute approximate surface area is 156 Å². The average Bonchev–Trinajstić information content (AvgIpc) is 3.07. The number of guanidine groups is 1. The Balaban J connectivity index is 1.86. The number of benzene rings is 2. The normalized spacial score (nSPS) is 15.3. The zero-order valence-electron chi connectivity index (χ0n) is 13.6. The van der Waals surface area contributed by atoms with Crippen molar-refractivity contribution in [3.63, 3.8) is 0 Å². The molecule has 7 heteroatoms. The summed E-state index contributed by atoms with van der Waals surface area (Å²) in [6.45, 7) is 3.63. The van der Waals surface area contributed by atoms with E-state index in [1.807, 2.05) is 6.92 Å². The topological polar surface area (TPSA) is 53.9 Å². The molecule has 0 radical (unpaired) electrons. The summed E-state index contributed by atoms with van der Waals surface area (Å²) < 4.78 is 5.40. The molecule has 1 aliphatic rings. The molecule has 2 aromatic carbocycles. The molecule has 0 spiro atoms. The van der Waals surface area contributed by atoms with Crippen molar-refractivity contribution in [1.29, 1.82) is 0 Å². The number of nitrogens with one attached hydrogen (secondary N) is 1. The summed E-state index contributed by atoms with van der Waals surface area (Å²) in [6.07, 6.45) is 0. The first-order chi connectivity index (χ1) is 12.1. The maximum atomic E-state index is 12.8. The quantitative estimate of drug-likeness (QED) is 0.871. The highest BCUT2D eigenvalue weighted by atomic mass is 35.5. The Morgan fingerprint density at radius 3 is 2.52 bits per heavy atom. The van der Waals surface area contributed by atoms with Crippen molar-refractivity contribution in [3.8, 4) is 5.75 Å². The number of carbonyl (C=O) groups excluding carboxylic acids is 1. The Bertz CT molecular complexity index is 786. The first kappa shape index (κ1) is 17.6. The molecule has 0 atom stereocenters. The van der Waals surface area contributed by atoms with Crippen LogP contribution in [-0.2, 0) is 0 Å². The molecule has 0 saturated carbocycles. The van der Waals surface area contributed by atoms with Crippen LogP contribution in [0.5, 0.6) is 5.75 Å². The van der Waals surface area contributed by atoms with Gasteiger partial charge in [0.05, 0.1) is 16.7 Å². The van der Waals surface area contributed by atoms with Crippen LogP contribution in [0.15, 0.2) is 47.5 Å². The second kappa shape index (κ2) is 7.76. The lowest BCUT2D eigenvalue weighted by Crippen LogP contribution is -2.35. The highest BCUT2D eigenvalue weighted by molar-refractivity contribution is 6.38. The predicted molar refractivity (Wildman–Crippen MR) is 100 cm³/mol. The monoisotopic (exact) mass is 377 g/mol. The van der Waals surface area contributed by atoms with Crippen LogP contribution in [0.1, 0.15) is 17.3 Å². The highest BCUT2D eigenvalue weighted by Crippen LogP contribution is 2.33. The van der Waals surface area contributed by atoms with Gasteiger partial charge in [-0.3, -0.25) is 9.69 Å². The molecule has 0 aliphatic carbocycles. The number of halogens is 2. The zero-order valence-corrected chi connectivity index (χ0v) is 15.1. The van der Waals surface area contributed by atoms with Crippen LogP contribution >= 0.6 is 23.2 Å². The van der Waals surface area contributed by atoms with E-state index >= 15 is 0 Å². The average molecular weight is 378 g/mol. The molecule has 25 heavy (non-hydrogen) atoms. The Morgan fingerprint density at radius 1 is 1.20 bits per heavy atom. The smallest absolute Gasteiger partial charge is 0.260 e. The summed E-state index contributed by atoms with van der Waals surface area (Å²) in [5.74, 6) is 1.03. The van der Waals surface area contributed by atoms with E-state index in [0.29, 0.717) is 47.0 Å². The van der Waals surface area contributed by atoms with Crippen LogP contribution in [0, 0.1) is 0 Å². The van der Waals surface area contributed by atoms with Crippen LogP contribution in [0.4, 0.5) is 5.69 Å². The highest BCUT2D eigenvalue weighted by Gasteiger charge is 2.26. The fraction of sp³-hybridized carbons (Fsp3) is 0.222. The maximum absolute atomic E-state index is 12.8. The largest absolute Gasteiger partial charge is 0.494 e. The second-order valence-electron chi connectivity index (χ2n) is 5.35. The van der Waals surface area contributed by atoms with Crippen molar-refractivity contribution in [2.45, 2.75) is 6.92 Å². The number of hydrogen-bond acceptors (Lipinski definition) is 3. The minimum absolute atomic E-state index is 0.144. The van der Waals surface area contributed by atoms with E-state index in [0.717, 1.165) is 5.75 Å². The third kappa shape index (κ3) is 3.89. The van der Waals surface area contributed by atoms with Gasteiger partial charge in [0.2, 0.25) is 5.96 Å². The number of ether oxygens (including phenoxy) is 1. The molecular weight excluding hydrogens is 361 g/mol. The second-order valence-corrected chi connectivity index (χ2v) is 6.16. The van der Waals surface area contributed by atoms with Gasteiger partial charge < -0.3 is 10.1 Å². The van der Waals surface area contributed by atoms with Gasteiger partial charge in [-0.2, -0.15) is 0 Å². The van der Waals surface area contributed by atoms with Gasteiger partial charge >= 0.3 is 0 Å². The Hall–Kier alpha value is -2.24. The SMILES string of the molecule is CCOc1ccc(C(=O)N2CCNC2=Nc2c(Cl)cccc2Cl)cc1. The molecule has 3 rings (SSSR count). The van der Waals surface area contributed by atoms with E-state index in [-0.39, 0.29) is 5.91 Å². The predicted octanol–water partition coefficient (Wildman–Crippen LogP) is 4.13. The van der Waals surface area contributed by atoms with Gasteiger partial charge in [0.25, 0.3) is 5.91 Å². The van der Waals surface area contributed by atoms with E-state index in [1.54, 1.807) is 47.4 Å². The lowest BCUT2D eigenvalue weighted by Gasteiger charge is -2.16. The molecule has 0 bridgehead atoms. The number of amides is 1. The zero-order chi connectivity index (χ0) is 17.8. The lowest BCUT2D eigenvalue weighted by atomic mass is 10.2. The van der Waals surface area contributed by atoms with Gasteiger partial charge in [-0.15, -0.1) is 0 Å². The minimum Gasteiger partial charge on any atom is -0.494 e. The van der Waals surface area contributed by atoms with Gasteiger partial charge in [0, 0.05) is 18.7 Å². The Morgan fingerprint density at radius 2 is 1.88 bits per heavy atom. The number of hydrogen-bond donors (Lipinski definition) is 1. The summed E-state index contributed by atoms with van der Waals surface area (Å²) in [5, 5.41) is 3.97. The molecule has 1 saturated heterocycles. The summed E-state index contributed by atoms with van der Waals surface area (Å²) in [4.78, 5) is 18.8. The van der Waals surface area contributed by atoms with Crippen LogP contribution < -0.4 is 10.1 Å². The van der Waals surface area contributed by atoms with Crippen molar-refractivity contribution in [1.82, 2.24) is 10.2 Å². The molecular formula is C18H17Cl2N3O2. The molecule has 1 aliphatic heterocycles. The molecule has 1 fully saturated rings. The standard InChI is InChI=1S/C18H17Cl2N3O2/c1-2-25-13-8-6-12(7-9-13)17(24)23-11-10-21-18(23)22-16-14(19)4-3-5-15(16)20/h3-9H,2,10-11H2,1H3,(H,21,22). The van der Waals surface area contributed by atoms with E-state index < -0.39 is 0 Å². The number of nitrogens with zero attached hydrogens (tertiary/aromatic N) is 2. The van der Waals surface area contributed by atoms with Crippen LogP contribution in [-0.4, -0.2) is 36.5 Å². The van der Waals surface area contributed by atoms with Gasteiger partial charge in [-0.1, -0.05) is 29.3 Å². The van der Waals surface area contributed by atoms with E-state index in [4.69, 9.17) is 27.9 Å². The Kier molecular flexibility index (Phi) is 5.46. The van der Waals surface area contributed by atoms with Crippen molar-refractivity contribution in [3.05, 3.63) is 58.1 Å². The van der Waals surface area contributed by atoms with E-state index in [1.165, 1.54) is 0 Å². The molecule has 130 valence electrons. The molecule has 1 heterocycles. The van der Waals surface area contributed by atoms with Crippen molar-refractivity contribution in [2.24, 2.45) is 4.99 Å². The minimum atomic E-state index is -0.144. The number of rotatable bonds is 4. The summed E-state index contributed by atoms with van der Waals surface area (Å²) in [7, 11) is 0. The summed E-state index contributed by atoms with van der Waals surface area (Å²) in [6, 6.07) is 12.2. The third-order valence-corrected chi connectivity index (χ3v) is 4.30. The molecule has 5 nitrogen and oxygen atoms in total. The third-order valence-electron chi connectivity index (χ3n) is 3.69. The summed E-state index contributed by atoms with van der Waals surface area (Å²) in [5.41, 5.74) is 1.00. The summed E-state index contributed by atoms with van der Waals surface area (Å²) >= 11 is 12.3. The van der Waals surface area contributed by atoms with Crippen molar-refractivity contribution < 1.29 is 9.53 Å². The fourth-order valence-corrected chi connectivity index (χ4v) is 2.98. The van der Waals surface area contributed by atoms with Crippen LogP contribution in [0.3, 0.4) is 0 Å². The van der Waals surface area contributed by atoms with Crippen LogP contribution in [0.2, 0.25) is 10.0 Å². The molecule has 0 aromatic heterocycles. The molecule has 2 aromatic rings. The fourth-order valence-electron chi connectivity index (χ4n) is 2.50. The van der Waals surface area contributed by atoms with Crippen molar-refractivity contribution in [2.75, 3.05) is 19.7 Å². The number of carbonyl (C=O) groups is 1.